The van der Waals surface area contributed by atoms with Crippen molar-refractivity contribution in [3.63, 3.8) is 0 Å². The van der Waals surface area contributed by atoms with Crippen LogP contribution in [-0.4, -0.2) is 12.0 Å². The number of ether oxygens (including phenoxy) is 1. The van der Waals surface area contributed by atoms with Crippen molar-refractivity contribution < 1.29 is 9.66 Å². The van der Waals surface area contributed by atoms with E-state index in [1.54, 1.807) is 20.1 Å². The Bertz CT molecular complexity index is 674. The van der Waals surface area contributed by atoms with E-state index in [0.29, 0.717) is 12.1 Å². The zero-order valence-corrected chi connectivity index (χ0v) is 13.3. The molecule has 6 heteroatoms. The van der Waals surface area contributed by atoms with Crippen molar-refractivity contribution in [2.24, 2.45) is 0 Å². The molecule has 0 aliphatic carbocycles. The summed E-state index contributed by atoms with van der Waals surface area (Å²) in [6, 6.07) is 10.8. The SMILES string of the molecule is COc1ccc(CNc2cccc([N+](=O)[O-])c2C)cc1Br. The van der Waals surface area contributed by atoms with Gasteiger partial charge in [0.1, 0.15) is 5.75 Å². The quantitative estimate of drug-likeness (QED) is 0.645. The summed E-state index contributed by atoms with van der Waals surface area (Å²) in [5, 5.41) is 14.1. The van der Waals surface area contributed by atoms with E-state index < -0.39 is 0 Å². The molecule has 0 aliphatic heterocycles. The summed E-state index contributed by atoms with van der Waals surface area (Å²) >= 11 is 3.44. The Balaban J connectivity index is 2.15. The topological polar surface area (TPSA) is 64.4 Å². The first kappa shape index (κ1) is 15.3. The minimum Gasteiger partial charge on any atom is -0.496 e. The number of nitro groups is 1. The Morgan fingerprint density at radius 3 is 2.71 bits per heavy atom. The molecule has 0 amide bonds. The highest BCUT2D eigenvalue weighted by atomic mass is 79.9. The maximum atomic E-state index is 10.9. The third kappa shape index (κ3) is 3.52. The van der Waals surface area contributed by atoms with Gasteiger partial charge in [-0.25, -0.2) is 0 Å². The summed E-state index contributed by atoms with van der Waals surface area (Å²) in [5.41, 5.74) is 2.57. The molecule has 0 aromatic heterocycles. The first-order valence-electron chi connectivity index (χ1n) is 6.33. The van der Waals surface area contributed by atoms with Crippen LogP contribution >= 0.6 is 15.9 Å². The van der Waals surface area contributed by atoms with Gasteiger partial charge in [-0.3, -0.25) is 10.1 Å². The van der Waals surface area contributed by atoms with Crippen molar-refractivity contribution in [1.82, 2.24) is 0 Å². The number of rotatable bonds is 5. The largest absolute Gasteiger partial charge is 0.496 e. The lowest BCUT2D eigenvalue weighted by Crippen LogP contribution is -2.03. The van der Waals surface area contributed by atoms with Crippen LogP contribution in [0.3, 0.4) is 0 Å². The van der Waals surface area contributed by atoms with Gasteiger partial charge in [0.15, 0.2) is 0 Å². The Hall–Kier alpha value is -2.08. The van der Waals surface area contributed by atoms with Gasteiger partial charge in [-0.2, -0.15) is 0 Å². The predicted molar refractivity (Wildman–Crippen MR) is 85.9 cm³/mol. The highest BCUT2D eigenvalue weighted by Crippen LogP contribution is 2.28. The van der Waals surface area contributed by atoms with Crippen molar-refractivity contribution in [3.05, 3.63) is 62.1 Å². The summed E-state index contributed by atoms with van der Waals surface area (Å²) in [4.78, 5) is 10.6. The zero-order chi connectivity index (χ0) is 15.4. The Labute approximate surface area is 131 Å². The van der Waals surface area contributed by atoms with E-state index >= 15 is 0 Å². The van der Waals surface area contributed by atoms with Crippen LogP contribution in [0.2, 0.25) is 0 Å². The summed E-state index contributed by atoms with van der Waals surface area (Å²) in [6.45, 7) is 2.31. The lowest BCUT2D eigenvalue weighted by molar-refractivity contribution is -0.385. The molecule has 0 unspecified atom stereocenters. The fourth-order valence-corrected chi connectivity index (χ4v) is 2.62. The van der Waals surface area contributed by atoms with Gasteiger partial charge in [0.25, 0.3) is 5.69 Å². The molecular formula is C15H15BrN2O3. The molecule has 2 aromatic rings. The minimum absolute atomic E-state index is 0.121. The Morgan fingerprint density at radius 2 is 2.10 bits per heavy atom. The molecule has 0 saturated heterocycles. The number of halogens is 1. The fraction of sp³-hybridized carbons (Fsp3) is 0.200. The van der Waals surface area contributed by atoms with Gasteiger partial charge < -0.3 is 10.1 Å². The van der Waals surface area contributed by atoms with Crippen molar-refractivity contribution in [3.8, 4) is 5.75 Å². The molecule has 0 spiro atoms. The molecule has 0 radical (unpaired) electrons. The molecule has 21 heavy (non-hydrogen) atoms. The molecule has 0 fully saturated rings. The van der Waals surface area contributed by atoms with Crippen LogP contribution in [0.1, 0.15) is 11.1 Å². The molecule has 0 aliphatic rings. The zero-order valence-electron chi connectivity index (χ0n) is 11.7. The third-order valence-electron chi connectivity index (χ3n) is 3.20. The maximum Gasteiger partial charge on any atom is 0.274 e. The number of hydrogen-bond acceptors (Lipinski definition) is 4. The predicted octanol–water partition coefficient (Wildman–Crippen LogP) is 4.29. The normalized spacial score (nSPS) is 10.2. The number of nitrogens with zero attached hydrogens (tertiary/aromatic N) is 1. The van der Waals surface area contributed by atoms with E-state index in [4.69, 9.17) is 4.74 Å². The van der Waals surface area contributed by atoms with Crippen LogP contribution in [-0.2, 0) is 6.54 Å². The highest BCUT2D eigenvalue weighted by molar-refractivity contribution is 9.10. The van der Waals surface area contributed by atoms with Gasteiger partial charge in [-0.1, -0.05) is 12.1 Å². The molecule has 5 nitrogen and oxygen atoms in total. The second-order valence-corrected chi connectivity index (χ2v) is 5.38. The van der Waals surface area contributed by atoms with E-state index in [-0.39, 0.29) is 10.6 Å². The van der Waals surface area contributed by atoms with Gasteiger partial charge in [0.05, 0.1) is 16.5 Å². The molecule has 110 valence electrons. The summed E-state index contributed by atoms with van der Waals surface area (Å²) < 4.78 is 6.06. The Kier molecular flexibility index (Phi) is 4.80. The number of nitrogens with one attached hydrogen (secondary N) is 1. The summed E-state index contributed by atoms with van der Waals surface area (Å²) in [5.74, 6) is 0.769. The Morgan fingerprint density at radius 1 is 1.33 bits per heavy atom. The summed E-state index contributed by atoms with van der Waals surface area (Å²) in [7, 11) is 1.62. The van der Waals surface area contributed by atoms with Crippen LogP contribution in [0.5, 0.6) is 5.75 Å². The molecule has 2 rings (SSSR count). The minimum atomic E-state index is -0.371. The van der Waals surface area contributed by atoms with E-state index in [1.807, 2.05) is 24.3 Å². The number of nitro benzene ring substituents is 1. The maximum absolute atomic E-state index is 10.9. The average Bonchev–Trinajstić information content (AvgIpc) is 2.46. The molecule has 0 saturated carbocycles. The number of benzene rings is 2. The van der Waals surface area contributed by atoms with Crippen molar-refractivity contribution in [1.29, 1.82) is 0 Å². The highest BCUT2D eigenvalue weighted by Gasteiger charge is 2.12. The monoisotopic (exact) mass is 350 g/mol. The second kappa shape index (κ2) is 6.58. The molecule has 0 heterocycles. The van der Waals surface area contributed by atoms with Crippen LogP contribution in [0.25, 0.3) is 0 Å². The van der Waals surface area contributed by atoms with Crippen molar-refractivity contribution in [2.45, 2.75) is 13.5 Å². The first-order valence-corrected chi connectivity index (χ1v) is 7.12. The molecule has 0 bridgehead atoms. The number of anilines is 1. The number of methoxy groups -OCH3 is 1. The van der Waals surface area contributed by atoms with Crippen LogP contribution in [0.4, 0.5) is 11.4 Å². The fourth-order valence-electron chi connectivity index (χ4n) is 2.03. The molecular weight excluding hydrogens is 336 g/mol. The standard InChI is InChI=1S/C15H15BrN2O3/c1-10-13(4-3-5-14(10)18(19)20)17-9-11-6-7-15(21-2)12(16)8-11/h3-8,17H,9H2,1-2H3. The molecule has 0 atom stereocenters. The molecule has 1 N–H and O–H groups in total. The van der Waals surface area contributed by atoms with Crippen LogP contribution < -0.4 is 10.1 Å². The number of hydrogen-bond donors (Lipinski definition) is 1. The van der Waals surface area contributed by atoms with Crippen molar-refractivity contribution >= 4 is 27.3 Å². The first-order chi connectivity index (χ1) is 10.0. The smallest absolute Gasteiger partial charge is 0.274 e. The van der Waals surface area contributed by atoms with E-state index in [0.717, 1.165) is 21.5 Å². The van der Waals surface area contributed by atoms with Gasteiger partial charge in [0.2, 0.25) is 0 Å². The lowest BCUT2D eigenvalue weighted by atomic mass is 10.1. The van der Waals surface area contributed by atoms with E-state index in [2.05, 4.69) is 21.2 Å². The van der Waals surface area contributed by atoms with Crippen LogP contribution in [0, 0.1) is 17.0 Å². The lowest BCUT2D eigenvalue weighted by Gasteiger charge is -2.11. The van der Waals surface area contributed by atoms with Gasteiger partial charge in [-0.15, -0.1) is 0 Å². The average molecular weight is 351 g/mol. The summed E-state index contributed by atoms with van der Waals surface area (Å²) in [6.07, 6.45) is 0. The van der Waals surface area contributed by atoms with E-state index in [1.165, 1.54) is 6.07 Å². The van der Waals surface area contributed by atoms with Crippen molar-refractivity contribution in [2.75, 3.05) is 12.4 Å². The third-order valence-corrected chi connectivity index (χ3v) is 3.82. The van der Waals surface area contributed by atoms with Gasteiger partial charge in [0, 0.05) is 23.9 Å². The van der Waals surface area contributed by atoms with E-state index in [9.17, 15) is 10.1 Å². The van der Waals surface area contributed by atoms with Gasteiger partial charge >= 0.3 is 0 Å². The van der Waals surface area contributed by atoms with Gasteiger partial charge in [-0.05, 0) is 46.6 Å². The van der Waals surface area contributed by atoms with Crippen LogP contribution in [0.15, 0.2) is 40.9 Å². The molecule has 2 aromatic carbocycles. The second-order valence-electron chi connectivity index (χ2n) is 4.53.